The predicted octanol–water partition coefficient (Wildman–Crippen LogP) is 4.17. The second-order valence-corrected chi connectivity index (χ2v) is 6.13. The molecule has 2 rings (SSSR count). The summed E-state index contributed by atoms with van der Waals surface area (Å²) in [6.45, 7) is 6.79. The van der Waals surface area contributed by atoms with Gasteiger partial charge in [-0.05, 0) is 35.8 Å². The monoisotopic (exact) mass is 231 g/mol. The highest BCUT2D eigenvalue weighted by Crippen LogP contribution is 2.37. The zero-order valence-corrected chi connectivity index (χ0v) is 11.4. The lowest BCUT2D eigenvalue weighted by atomic mass is 9.73. The van der Waals surface area contributed by atoms with E-state index in [0.29, 0.717) is 5.92 Å². The fourth-order valence-corrected chi connectivity index (χ4v) is 3.05. The molecule has 1 fully saturated rings. The second-order valence-electron chi connectivity index (χ2n) is 6.13. The smallest absolute Gasteiger partial charge is 0.0412 e. The van der Waals surface area contributed by atoms with E-state index in [2.05, 4.69) is 45.0 Å². The van der Waals surface area contributed by atoms with Crippen molar-refractivity contribution in [2.45, 2.75) is 57.9 Å². The number of benzene rings is 1. The van der Waals surface area contributed by atoms with Crippen LogP contribution in [0.4, 0.5) is 0 Å². The van der Waals surface area contributed by atoms with E-state index in [-0.39, 0.29) is 5.54 Å². The molecule has 1 nitrogen and oxygen atoms in total. The van der Waals surface area contributed by atoms with Gasteiger partial charge in [-0.1, -0.05) is 57.9 Å². The number of nitrogens with two attached hydrogens (primary N) is 1. The van der Waals surface area contributed by atoms with Crippen LogP contribution in [-0.4, -0.2) is 0 Å². The molecule has 1 saturated carbocycles. The Balaban J connectivity index is 2.21. The molecule has 2 unspecified atom stereocenters. The van der Waals surface area contributed by atoms with Crippen molar-refractivity contribution in [3.8, 4) is 0 Å². The highest BCUT2D eigenvalue weighted by molar-refractivity contribution is 5.30. The molecule has 0 saturated heterocycles. The molecule has 1 aliphatic rings. The minimum atomic E-state index is -0.0762. The first kappa shape index (κ1) is 12.6. The molecule has 0 spiro atoms. The first-order valence-corrected chi connectivity index (χ1v) is 6.90. The van der Waals surface area contributed by atoms with Gasteiger partial charge >= 0.3 is 0 Å². The van der Waals surface area contributed by atoms with Gasteiger partial charge in [-0.15, -0.1) is 0 Å². The van der Waals surface area contributed by atoms with Crippen molar-refractivity contribution >= 4 is 0 Å². The Bertz CT molecular complexity index is 366. The molecule has 0 bridgehead atoms. The Morgan fingerprint density at radius 1 is 1.24 bits per heavy atom. The summed E-state index contributed by atoms with van der Waals surface area (Å²) in [6, 6.07) is 8.97. The molecule has 1 heteroatoms. The van der Waals surface area contributed by atoms with Crippen molar-refractivity contribution in [1.82, 2.24) is 0 Å². The standard InChI is InChI=1S/C16H25N/c1-12(2)14-6-8-15(9-7-14)16(17)10-4-5-13(3)11-16/h6-9,12-13H,4-5,10-11,17H2,1-3H3. The summed E-state index contributed by atoms with van der Waals surface area (Å²) in [4.78, 5) is 0. The Kier molecular flexibility index (Phi) is 3.58. The number of hydrogen-bond acceptors (Lipinski definition) is 1. The van der Waals surface area contributed by atoms with Crippen LogP contribution in [0.25, 0.3) is 0 Å². The zero-order valence-electron chi connectivity index (χ0n) is 11.4. The molecule has 0 aromatic heterocycles. The van der Waals surface area contributed by atoms with E-state index in [4.69, 9.17) is 5.73 Å². The van der Waals surface area contributed by atoms with Crippen LogP contribution in [0.15, 0.2) is 24.3 Å². The molecule has 0 aliphatic heterocycles. The van der Waals surface area contributed by atoms with Gasteiger partial charge in [0.2, 0.25) is 0 Å². The van der Waals surface area contributed by atoms with Crippen LogP contribution in [0.1, 0.15) is 63.5 Å². The van der Waals surface area contributed by atoms with Crippen molar-refractivity contribution in [1.29, 1.82) is 0 Å². The third-order valence-electron chi connectivity index (χ3n) is 4.18. The minimum absolute atomic E-state index is 0.0762. The largest absolute Gasteiger partial charge is 0.321 e. The van der Waals surface area contributed by atoms with Crippen molar-refractivity contribution in [3.05, 3.63) is 35.4 Å². The van der Waals surface area contributed by atoms with E-state index >= 15 is 0 Å². The van der Waals surface area contributed by atoms with Crippen molar-refractivity contribution in [3.63, 3.8) is 0 Å². The van der Waals surface area contributed by atoms with Gasteiger partial charge in [0.05, 0.1) is 0 Å². The van der Waals surface area contributed by atoms with Gasteiger partial charge in [0, 0.05) is 5.54 Å². The first-order chi connectivity index (χ1) is 8.01. The molecule has 0 radical (unpaired) electrons. The van der Waals surface area contributed by atoms with Gasteiger partial charge in [-0.3, -0.25) is 0 Å². The first-order valence-electron chi connectivity index (χ1n) is 6.90. The average molecular weight is 231 g/mol. The van der Waals surface area contributed by atoms with Gasteiger partial charge in [0.15, 0.2) is 0 Å². The maximum absolute atomic E-state index is 6.60. The van der Waals surface area contributed by atoms with E-state index in [9.17, 15) is 0 Å². The predicted molar refractivity (Wildman–Crippen MR) is 74.0 cm³/mol. The highest BCUT2D eigenvalue weighted by Gasteiger charge is 2.32. The van der Waals surface area contributed by atoms with Crippen LogP contribution in [0, 0.1) is 5.92 Å². The van der Waals surface area contributed by atoms with Gasteiger partial charge in [0.1, 0.15) is 0 Å². The van der Waals surface area contributed by atoms with Gasteiger partial charge in [-0.2, -0.15) is 0 Å². The maximum atomic E-state index is 6.60. The minimum Gasteiger partial charge on any atom is -0.321 e. The van der Waals surface area contributed by atoms with Crippen LogP contribution in [0.5, 0.6) is 0 Å². The third-order valence-corrected chi connectivity index (χ3v) is 4.18. The Labute approximate surface area is 105 Å². The SMILES string of the molecule is CC1CCCC(N)(c2ccc(C(C)C)cc2)C1. The van der Waals surface area contributed by atoms with Gasteiger partial charge in [-0.25, -0.2) is 0 Å². The average Bonchev–Trinajstić information content (AvgIpc) is 2.29. The second kappa shape index (κ2) is 4.81. The molecule has 17 heavy (non-hydrogen) atoms. The quantitative estimate of drug-likeness (QED) is 0.812. The molecule has 2 N–H and O–H groups in total. The van der Waals surface area contributed by atoms with Crippen LogP contribution >= 0.6 is 0 Å². The summed E-state index contributed by atoms with van der Waals surface area (Å²) >= 11 is 0. The fourth-order valence-electron chi connectivity index (χ4n) is 3.05. The molecular weight excluding hydrogens is 206 g/mol. The normalized spacial score (nSPS) is 29.6. The summed E-state index contributed by atoms with van der Waals surface area (Å²) in [5, 5.41) is 0. The van der Waals surface area contributed by atoms with E-state index in [1.165, 1.54) is 24.0 Å². The van der Waals surface area contributed by atoms with Gasteiger partial charge < -0.3 is 5.73 Å². The van der Waals surface area contributed by atoms with Crippen molar-refractivity contribution < 1.29 is 0 Å². The lowest BCUT2D eigenvalue weighted by Gasteiger charge is -2.37. The number of hydrogen-bond donors (Lipinski definition) is 1. The number of rotatable bonds is 2. The fraction of sp³-hybridized carbons (Fsp3) is 0.625. The molecule has 2 atom stereocenters. The summed E-state index contributed by atoms with van der Waals surface area (Å²) in [5.41, 5.74) is 9.25. The van der Waals surface area contributed by atoms with Gasteiger partial charge in [0.25, 0.3) is 0 Å². The molecular formula is C16H25N. The lowest BCUT2D eigenvalue weighted by Crippen LogP contribution is -2.40. The molecule has 0 amide bonds. The zero-order chi connectivity index (χ0) is 12.5. The van der Waals surface area contributed by atoms with E-state index in [1.807, 2.05) is 0 Å². The van der Waals surface area contributed by atoms with Crippen LogP contribution < -0.4 is 5.73 Å². The summed E-state index contributed by atoms with van der Waals surface area (Å²) < 4.78 is 0. The van der Waals surface area contributed by atoms with E-state index in [1.54, 1.807) is 0 Å². The topological polar surface area (TPSA) is 26.0 Å². The van der Waals surface area contributed by atoms with Crippen LogP contribution in [-0.2, 0) is 5.54 Å². The highest BCUT2D eigenvalue weighted by atomic mass is 14.7. The third kappa shape index (κ3) is 2.71. The van der Waals surface area contributed by atoms with Crippen LogP contribution in [0.2, 0.25) is 0 Å². The Morgan fingerprint density at radius 3 is 2.41 bits per heavy atom. The van der Waals surface area contributed by atoms with E-state index < -0.39 is 0 Å². The molecule has 1 aromatic carbocycles. The lowest BCUT2D eigenvalue weighted by molar-refractivity contribution is 0.239. The van der Waals surface area contributed by atoms with E-state index in [0.717, 1.165) is 18.8 Å². The molecule has 94 valence electrons. The molecule has 1 aromatic rings. The summed E-state index contributed by atoms with van der Waals surface area (Å²) in [7, 11) is 0. The Hall–Kier alpha value is -0.820. The summed E-state index contributed by atoms with van der Waals surface area (Å²) in [5.74, 6) is 1.36. The Morgan fingerprint density at radius 2 is 1.88 bits per heavy atom. The maximum Gasteiger partial charge on any atom is 0.0412 e. The van der Waals surface area contributed by atoms with Crippen LogP contribution in [0.3, 0.4) is 0 Å². The van der Waals surface area contributed by atoms with Crippen molar-refractivity contribution in [2.24, 2.45) is 11.7 Å². The molecule has 1 aliphatic carbocycles. The summed E-state index contributed by atoms with van der Waals surface area (Å²) in [6.07, 6.45) is 4.87. The molecule has 0 heterocycles. The van der Waals surface area contributed by atoms with Crippen molar-refractivity contribution in [2.75, 3.05) is 0 Å².